The molecule has 1 amide bonds. The molecule has 1 atom stereocenters. The van der Waals surface area contributed by atoms with Crippen LogP contribution in [0.5, 0.6) is 0 Å². The number of aromatic nitrogens is 2. The molecule has 0 bridgehead atoms. The number of carbonyl (C=O) groups is 2. The van der Waals surface area contributed by atoms with Crippen molar-refractivity contribution >= 4 is 40.8 Å². The fourth-order valence-electron chi connectivity index (χ4n) is 2.68. The van der Waals surface area contributed by atoms with Crippen molar-refractivity contribution < 1.29 is 18.7 Å². The van der Waals surface area contributed by atoms with Crippen molar-refractivity contribution in [1.82, 2.24) is 9.78 Å². The molecule has 1 unspecified atom stereocenters. The van der Waals surface area contributed by atoms with Gasteiger partial charge in [-0.05, 0) is 56.3 Å². The molecule has 3 aromatic rings. The lowest BCUT2D eigenvalue weighted by Crippen LogP contribution is -2.30. The quantitative estimate of drug-likeness (QED) is 0.557. The van der Waals surface area contributed by atoms with Gasteiger partial charge in [0.25, 0.3) is 5.91 Å². The molecule has 0 spiro atoms. The zero-order valence-corrected chi connectivity index (χ0v) is 17.8. The number of nitrogens with zero attached hydrogens (tertiary/aromatic N) is 3. The first-order valence-electron chi connectivity index (χ1n) is 8.93. The Balaban J connectivity index is 1.73. The Morgan fingerprint density at radius 3 is 2.52 bits per heavy atom. The largest absolute Gasteiger partial charge is 0.449 e. The summed E-state index contributed by atoms with van der Waals surface area (Å²) in [5, 5.41) is 15.8. The summed E-state index contributed by atoms with van der Waals surface area (Å²) in [7, 11) is 0. The van der Waals surface area contributed by atoms with Gasteiger partial charge in [-0.3, -0.25) is 4.79 Å². The number of ether oxygens (including phenoxy) is 1. The molecule has 1 heterocycles. The molecule has 0 aliphatic rings. The van der Waals surface area contributed by atoms with Crippen molar-refractivity contribution in [2.45, 2.75) is 20.0 Å². The van der Waals surface area contributed by atoms with Crippen LogP contribution in [0.4, 0.5) is 10.1 Å². The highest BCUT2D eigenvalue weighted by atomic mass is 35.5. The maximum atomic E-state index is 13.2. The Morgan fingerprint density at radius 1 is 1.23 bits per heavy atom. The van der Waals surface area contributed by atoms with E-state index < -0.39 is 23.8 Å². The number of hydrogen-bond acceptors (Lipinski definition) is 5. The predicted octanol–water partition coefficient (Wildman–Crippen LogP) is 4.68. The molecular weight excluding hydrogens is 446 g/mol. The summed E-state index contributed by atoms with van der Waals surface area (Å²) in [4.78, 5) is 25.0. The molecular formula is C21H15Cl2FN4O3. The molecule has 0 radical (unpaired) electrons. The van der Waals surface area contributed by atoms with E-state index in [-0.39, 0.29) is 27.0 Å². The van der Waals surface area contributed by atoms with Crippen molar-refractivity contribution in [3.05, 3.63) is 75.3 Å². The molecule has 0 aliphatic carbocycles. The van der Waals surface area contributed by atoms with E-state index in [4.69, 9.17) is 33.2 Å². The van der Waals surface area contributed by atoms with Gasteiger partial charge in [0.15, 0.2) is 6.10 Å². The van der Waals surface area contributed by atoms with Crippen LogP contribution in [0.3, 0.4) is 0 Å². The molecule has 0 saturated carbocycles. The summed E-state index contributed by atoms with van der Waals surface area (Å²) in [5.41, 5.74) is 1.34. The van der Waals surface area contributed by atoms with Crippen molar-refractivity contribution in [1.29, 1.82) is 5.26 Å². The SMILES string of the molecule is Cc1nn(-c2ccc(F)cc2)c(Cl)c1C(=O)OC(C)C(=O)Nc1ccc(C#N)c(Cl)c1. The molecule has 158 valence electrons. The first-order valence-corrected chi connectivity index (χ1v) is 9.69. The standard InChI is InChI=1S/C21H15Cl2FN4O3/c1-11-18(19(23)28(27-11)16-7-4-14(24)5-8-16)21(30)31-12(2)20(29)26-15-6-3-13(10-25)17(22)9-15/h3-9,12H,1-2H3,(H,26,29). The van der Waals surface area contributed by atoms with Crippen LogP contribution in [0.15, 0.2) is 42.5 Å². The van der Waals surface area contributed by atoms with Gasteiger partial charge >= 0.3 is 5.97 Å². The van der Waals surface area contributed by atoms with E-state index in [2.05, 4.69) is 10.4 Å². The topological polar surface area (TPSA) is 97.0 Å². The molecule has 10 heteroatoms. The van der Waals surface area contributed by atoms with Gasteiger partial charge in [0.2, 0.25) is 0 Å². The van der Waals surface area contributed by atoms with E-state index in [1.165, 1.54) is 54.1 Å². The Bertz CT molecular complexity index is 1200. The second-order valence-electron chi connectivity index (χ2n) is 6.48. The fraction of sp³-hybridized carbons (Fsp3) is 0.143. The number of benzene rings is 2. The van der Waals surface area contributed by atoms with Crippen LogP contribution in [0.2, 0.25) is 10.2 Å². The van der Waals surface area contributed by atoms with Crippen LogP contribution in [0, 0.1) is 24.1 Å². The van der Waals surface area contributed by atoms with Gasteiger partial charge in [-0.2, -0.15) is 10.4 Å². The molecule has 0 saturated heterocycles. The number of halogens is 3. The number of nitrogens with one attached hydrogen (secondary N) is 1. The Hall–Kier alpha value is -3.41. The van der Waals surface area contributed by atoms with Crippen LogP contribution < -0.4 is 5.32 Å². The van der Waals surface area contributed by atoms with Crippen molar-refractivity contribution in [2.75, 3.05) is 5.32 Å². The summed E-state index contributed by atoms with van der Waals surface area (Å²) in [6, 6.07) is 11.7. The highest BCUT2D eigenvalue weighted by molar-refractivity contribution is 6.33. The van der Waals surface area contributed by atoms with Crippen LogP contribution in [0.1, 0.15) is 28.5 Å². The van der Waals surface area contributed by atoms with Crippen molar-refractivity contribution in [2.24, 2.45) is 0 Å². The number of hydrogen-bond donors (Lipinski definition) is 1. The van der Waals surface area contributed by atoms with Gasteiger partial charge in [-0.15, -0.1) is 0 Å². The number of amides is 1. The highest BCUT2D eigenvalue weighted by Crippen LogP contribution is 2.25. The second-order valence-corrected chi connectivity index (χ2v) is 7.25. The third-order valence-corrected chi connectivity index (χ3v) is 4.95. The smallest absolute Gasteiger partial charge is 0.344 e. The minimum atomic E-state index is -1.16. The van der Waals surface area contributed by atoms with E-state index in [1.807, 2.05) is 6.07 Å². The Morgan fingerprint density at radius 2 is 1.90 bits per heavy atom. The van der Waals surface area contributed by atoms with E-state index >= 15 is 0 Å². The fourth-order valence-corrected chi connectivity index (χ4v) is 3.26. The molecule has 31 heavy (non-hydrogen) atoms. The van der Waals surface area contributed by atoms with Gasteiger partial charge in [-0.1, -0.05) is 23.2 Å². The summed E-state index contributed by atoms with van der Waals surface area (Å²) in [5.74, 6) is -1.86. The van der Waals surface area contributed by atoms with Gasteiger partial charge in [0, 0.05) is 5.69 Å². The van der Waals surface area contributed by atoms with E-state index in [0.717, 1.165) is 0 Å². The normalized spacial score (nSPS) is 11.5. The molecule has 1 aromatic heterocycles. The zero-order chi connectivity index (χ0) is 22.7. The lowest BCUT2D eigenvalue weighted by atomic mass is 10.2. The van der Waals surface area contributed by atoms with Gasteiger partial charge < -0.3 is 10.1 Å². The summed E-state index contributed by atoms with van der Waals surface area (Å²) >= 11 is 12.3. The number of carbonyl (C=O) groups excluding carboxylic acids is 2. The highest BCUT2D eigenvalue weighted by Gasteiger charge is 2.26. The van der Waals surface area contributed by atoms with Crippen LogP contribution in [0.25, 0.3) is 5.69 Å². The van der Waals surface area contributed by atoms with E-state index in [1.54, 1.807) is 6.92 Å². The third kappa shape index (κ3) is 4.85. The Kier molecular flexibility index (Phi) is 6.59. The minimum absolute atomic E-state index is 0.00735. The van der Waals surface area contributed by atoms with Gasteiger partial charge in [-0.25, -0.2) is 13.9 Å². The van der Waals surface area contributed by atoms with Gasteiger partial charge in [0.1, 0.15) is 22.6 Å². The molecule has 1 N–H and O–H groups in total. The summed E-state index contributed by atoms with van der Waals surface area (Å²) in [6.07, 6.45) is -1.16. The Labute approximate surface area is 186 Å². The number of aryl methyl sites for hydroxylation is 1. The molecule has 2 aromatic carbocycles. The lowest BCUT2D eigenvalue weighted by molar-refractivity contribution is -0.123. The average molecular weight is 461 g/mol. The number of nitriles is 1. The average Bonchev–Trinajstić information content (AvgIpc) is 3.02. The van der Waals surface area contributed by atoms with Crippen molar-refractivity contribution in [3.8, 4) is 11.8 Å². The first-order chi connectivity index (χ1) is 14.7. The third-order valence-electron chi connectivity index (χ3n) is 4.29. The number of esters is 1. The number of rotatable bonds is 5. The maximum Gasteiger partial charge on any atom is 0.344 e. The van der Waals surface area contributed by atoms with Crippen LogP contribution in [-0.2, 0) is 9.53 Å². The summed E-state index contributed by atoms with van der Waals surface area (Å²) < 4.78 is 19.7. The predicted molar refractivity (Wildman–Crippen MR) is 113 cm³/mol. The summed E-state index contributed by atoms with van der Waals surface area (Å²) in [6.45, 7) is 2.96. The van der Waals surface area contributed by atoms with E-state index in [0.29, 0.717) is 11.4 Å². The van der Waals surface area contributed by atoms with Crippen LogP contribution >= 0.6 is 23.2 Å². The lowest BCUT2D eigenvalue weighted by Gasteiger charge is -2.14. The zero-order valence-electron chi connectivity index (χ0n) is 16.3. The molecule has 7 nitrogen and oxygen atoms in total. The molecule has 3 rings (SSSR count). The minimum Gasteiger partial charge on any atom is -0.449 e. The first kappa shape index (κ1) is 22.3. The molecule has 0 aliphatic heterocycles. The van der Waals surface area contributed by atoms with Gasteiger partial charge in [0.05, 0.1) is 22.0 Å². The second kappa shape index (κ2) is 9.16. The maximum absolute atomic E-state index is 13.2. The van der Waals surface area contributed by atoms with Crippen LogP contribution in [-0.4, -0.2) is 27.8 Å². The monoisotopic (exact) mass is 460 g/mol. The van der Waals surface area contributed by atoms with E-state index in [9.17, 15) is 14.0 Å². The van der Waals surface area contributed by atoms with Crippen molar-refractivity contribution in [3.63, 3.8) is 0 Å². The molecule has 0 fully saturated rings. The number of anilines is 1.